The van der Waals surface area contributed by atoms with E-state index in [0.29, 0.717) is 11.8 Å². The first-order chi connectivity index (χ1) is 7.45. The molecule has 0 saturated carbocycles. The zero-order valence-corrected chi connectivity index (χ0v) is 12.1. The zero-order chi connectivity index (χ0) is 12.7. The van der Waals surface area contributed by atoms with Gasteiger partial charge in [0.1, 0.15) is 0 Å². The third-order valence-electron chi connectivity index (χ3n) is 3.33. The maximum absolute atomic E-state index is 5.58. The lowest BCUT2D eigenvalue weighted by Gasteiger charge is -2.27. The van der Waals surface area contributed by atoms with E-state index in [-0.39, 0.29) is 0 Å². The normalized spacial score (nSPS) is 15.0. The van der Waals surface area contributed by atoms with Gasteiger partial charge in [-0.1, -0.05) is 34.1 Å². The molecule has 0 spiro atoms. The van der Waals surface area contributed by atoms with Crippen LogP contribution in [0, 0.1) is 11.8 Å². The highest BCUT2D eigenvalue weighted by molar-refractivity contribution is 5.12. The van der Waals surface area contributed by atoms with Gasteiger partial charge >= 0.3 is 0 Å². The van der Waals surface area contributed by atoms with Crippen LogP contribution in [0.1, 0.15) is 54.4 Å². The molecule has 0 saturated heterocycles. The molecule has 0 aromatic heterocycles. The molecule has 2 nitrogen and oxygen atoms in total. The molecule has 0 bridgehead atoms. The van der Waals surface area contributed by atoms with Crippen molar-refractivity contribution in [2.45, 2.75) is 54.4 Å². The highest BCUT2D eigenvalue weighted by Crippen LogP contribution is 2.26. The predicted octanol–water partition coefficient (Wildman–Crippen LogP) is 4.24. The first kappa shape index (κ1) is 15.5. The monoisotopic (exact) mass is 227 g/mol. The summed E-state index contributed by atoms with van der Waals surface area (Å²) >= 11 is 0. The Hall–Kier alpha value is -0.500. The van der Waals surface area contributed by atoms with E-state index in [1.54, 1.807) is 0 Å². The van der Waals surface area contributed by atoms with Crippen LogP contribution >= 0.6 is 0 Å². The lowest BCUT2D eigenvalue weighted by atomic mass is 9.89. The maximum Gasteiger partial charge on any atom is 0.0720 e. The van der Waals surface area contributed by atoms with Crippen LogP contribution in [0.5, 0.6) is 0 Å². The van der Waals surface area contributed by atoms with Gasteiger partial charge in [-0.2, -0.15) is 0 Å². The largest absolute Gasteiger partial charge is 0.274 e. The third-order valence-corrected chi connectivity index (χ3v) is 3.33. The maximum atomic E-state index is 5.58. The van der Waals surface area contributed by atoms with Crippen molar-refractivity contribution in [3.05, 3.63) is 11.3 Å². The number of rotatable bonds is 7. The van der Waals surface area contributed by atoms with Crippen LogP contribution in [0.25, 0.3) is 0 Å². The van der Waals surface area contributed by atoms with Crippen LogP contribution in [0.2, 0.25) is 0 Å². The molecule has 16 heavy (non-hydrogen) atoms. The van der Waals surface area contributed by atoms with E-state index in [2.05, 4.69) is 34.6 Å². The molecule has 0 rings (SSSR count). The SMILES string of the molecule is CCC/C(=C(/C)[C@@H](C)C(C)C)N(C)OCC. The van der Waals surface area contributed by atoms with Crippen LogP contribution in [0.15, 0.2) is 11.3 Å². The van der Waals surface area contributed by atoms with E-state index in [9.17, 15) is 0 Å². The Balaban J connectivity index is 4.90. The van der Waals surface area contributed by atoms with Gasteiger partial charge in [-0.15, -0.1) is 0 Å². The summed E-state index contributed by atoms with van der Waals surface area (Å²) in [5.74, 6) is 1.30. The third kappa shape index (κ3) is 4.56. The van der Waals surface area contributed by atoms with Crippen LogP contribution in [-0.2, 0) is 4.84 Å². The summed E-state index contributed by atoms with van der Waals surface area (Å²) in [5, 5.41) is 1.96. The molecule has 0 heterocycles. The van der Waals surface area contributed by atoms with Gasteiger partial charge in [0.15, 0.2) is 0 Å². The topological polar surface area (TPSA) is 12.5 Å². The van der Waals surface area contributed by atoms with Crippen molar-refractivity contribution >= 4 is 0 Å². The number of allylic oxidation sites excluding steroid dienone is 2. The second-order valence-corrected chi connectivity index (χ2v) is 4.83. The molecule has 0 N–H and O–H groups in total. The summed E-state index contributed by atoms with van der Waals surface area (Å²) in [6, 6.07) is 0. The molecule has 1 atom stereocenters. The van der Waals surface area contributed by atoms with E-state index < -0.39 is 0 Å². The minimum Gasteiger partial charge on any atom is -0.274 e. The highest BCUT2D eigenvalue weighted by Gasteiger charge is 2.16. The second-order valence-electron chi connectivity index (χ2n) is 4.83. The summed E-state index contributed by atoms with van der Waals surface area (Å²) in [6.45, 7) is 14.1. The fraction of sp³-hybridized carbons (Fsp3) is 0.857. The standard InChI is InChI=1S/C14H29NO/c1-8-10-14(15(7)16-9-2)13(6)12(5)11(3)4/h11-12H,8-10H2,1-7H3/b14-13+/t12-/m0/s1. The molecule has 0 radical (unpaired) electrons. The highest BCUT2D eigenvalue weighted by atomic mass is 16.7. The van der Waals surface area contributed by atoms with Gasteiger partial charge in [0.25, 0.3) is 0 Å². The average molecular weight is 227 g/mol. The van der Waals surface area contributed by atoms with E-state index in [4.69, 9.17) is 4.84 Å². The Labute approximate surface area is 102 Å². The van der Waals surface area contributed by atoms with Crippen LogP contribution in [-0.4, -0.2) is 18.7 Å². The molecule has 0 fully saturated rings. The van der Waals surface area contributed by atoms with E-state index in [1.165, 1.54) is 11.3 Å². The van der Waals surface area contributed by atoms with Gasteiger partial charge in [-0.05, 0) is 37.7 Å². The summed E-state index contributed by atoms with van der Waals surface area (Å²) in [4.78, 5) is 5.58. The van der Waals surface area contributed by atoms with Crippen molar-refractivity contribution in [2.24, 2.45) is 11.8 Å². The summed E-state index contributed by atoms with van der Waals surface area (Å²) < 4.78 is 0. The predicted molar refractivity (Wildman–Crippen MR) is 71.0 cm³/mol. The molecule has 0 aromatic carbocycles. The minimum absolute atomic E-state index is 0.615. The van der Waals surface area contributed by atoms with Gasteiger partial charge in [-0.3, -0.25) is 9.90 Å². The zero-order valence-electron chi connectivity index (χ0n) is 12.1. The Kier molecular flexibility index (Phi) is 7.48. The minimum atomic E-state index is 0.615. The molecule has 2 heteroatoms. The van der Waals surface area contributed by atoms with Gasteiger partial charge < -0.3 is 0 Å². The second kappa shape index (κ2) is 7.72. The van der Waals surface area contributed by atoms with E-state index >= 15 is 0 Å². The number of hydrogen-bond donors (Lipinski definition) is 0. The summed E-state index contributed by atoms with van der Waals surface area (Å²) in [5.41, 5.74) is 2.82. The van der Waals surface area contributed by atoms with Crippen molar-refractivity contribution < 1.29 is 4.84 Å². The lowest BCUT2D eigenvalue weighted by Crippen LogP contribution is -2.22. The van der Waals surface area contributed by atoms with Gasteiger partial charge in [0, 0.05) is 12.7 Å². The van der Waals surface area contributed by atoms with Crippen molar-refractivity contribution in [1.82, 2.24) is 5.06 Å². The Morgan fingerprint density at radius 3 is 2.12 bits per heavy atom. The molecule has 0 unspecified atom stereocenters. The first-order valence-electron chi connectivity index (χ1n) is 6.51. The molecule has 0 aliphatic carbocycles. The fourth-order valence-electron chi connectivity index (χ4n) is 1.87. The van der Waals surface area contributed by atoms with Gasteiger partial charge in [-0.25, -0.2) is 0 Å². The first-order valence-corrected chi connectivity index (χ1v) is 6.51. The van der Waals surface area contributed by atoms with Gasteiger partial charge in [0.05, 0.1) is 6.61 Å². The molecule has 96 valence electrons. The van der Waals surface area contributed by atoms with Crippen molar-refractivity contribution in [2.75, 3.05) is 13.7 Å². The lowest BCUT2D eigenvalue weighted by molar-refractivity contribution is -0.109. The number of hydroxylamine groups is 2. The molecule has 0 aromatic rings. The fourth-order valence-corrected chi connectivity index (χ4v) is 1.87. The molecular formula is C14H29NO. The molecule has 0 aliphatic heterocycles. The molecular weight excluding hydrogens is 198 g/mol. The Morgan fingerprint density at radius 1 is 1.19 bits per heavy atom. The van der Waals surface area contributed by atoms with E-state index in [1.807, 2.05) is 19.0 Å². The van der Waals surface area contributed by atoms with Crippen LogP contribution < -0.4 is 0 Å². The summed E-state index contributed by atoms with van der Waals surface area (Å²) in [6.07, 6.45) is 2.26. The van der Waals surface area contributed by atoms with Crippen LogP contribution in [0.4, 0.5) is 0 Å². The van der Waals surface area contributed by atoms with Gasteiger partial charge in [0.2, 0.25) is 0 Å². The Morgan fingerprint density at radius 2 is 1.75 bits per heavy atom. The average Bonchev–Trinajstić information content (AvgIpc) is 2.24. The molecule has 0 amide bonds. The molecule has 0 aliphatic rings. The van der Waals surface area contributed by atoms with Crippen LogP contribution in [0.3, 0.4) is 0 Å². The number of hydrogen-bond acceptors (Lipinski definition) is 2. The van der Waals surface area contributed by atoms with Crippen molar-refractivity contribution in [3.63, 3.8) is 0 Å². The summed E-state index contributed by atoms with van der Waals surface area (Å²) in [7, 11) is 2.02. The Bertz CT molecular complexity index is 221. The number of nitrogens with zero attached hydrogens (tertiary/aromatic N) is 1. The van der Waals surface area contributed by atoms with E-state index in [0.717, 1.165) is 19.4 Å². The van der Waals surface area contributed by atoms with Crippen molar-refractivity contribution in [1.29, 1.82) is 0 Å². The van der Waals surface area contributed by atoms with Crippen molar-refractivity contribution in [3.8, 4) is 0 Å². The quantitative estimate of drug-likeness (QED) is 0.603. The smallest absolute Gasteiger partial charge is 0.0720 e.